The monoisotopic (exact) mass is 247 g/mol. The first kappa shape index (κ1) is 12.3. The highest BCUT2D eigenvalue weighted by molar-refractivity contribution is 5.27. The van der Waals surface area contributed by atoms with Gasteiger partial charge in [0, 0.05) is 18.4 Å². The van der Waals surface area contributed by atoms with Crippen LogP contribution in [-0.2, 0) is 0 Å². The summed E-state index contributed by atoms with van der Waals surface area (Å²) >= 11 is 0. The summed E-state index contributed by atoms with van der Waals surface area (Å²) < 4.78 is 38.2. The molecule has 3 nitrogen and oxygen atoms in total. The molecule has 0 spiro atoms. The van der Waals surface area contributed by atoms with Crippen molar-refractivity contribution in [2.45, 2.75) is 44.3 Å². The smallest absolute Gasteiger partial charge is 0.347 e. The maximum atomic E-state index is 12.1. The lowest BCUT2D eigenvalue weighted by molar-refractivity contribution is -0.115. The number of rotatable bonds is 3. The van der Waals surface area contributed by atoms with Crippen LogP contribution in [0.2, 0.25) is 0 Å². The Hall–Kier alpha value is -1.20. The number of alkyl halides is 3. The lowest BCUT2D eigenvalue weighted by Crippen LogP contribution is -2.24. The molecular weight excluding hydrogens is 231 g/mol. The van der Waals surface area contributed by atoms with Crippen LogP contribution in [-0.4, -0.2) is 22.3 Å². The standard InChI is InChI=1S/C11H16F3N3/c12-11(13,14)8-16-10-15-6-7-17(10)9-4-2-1-3-5-9/h6-7,9H,1-5,8H2,(H,15,16). The first-order chi connectivity index (χ1) is 8.06. The molecule has 1 saturated carbocycles. The van der Waals surface area contributed by atoms with Gasteiger partial charge in [0.15, 0.2) is 0 Å². The normalized spacial score (nSPS) is 18.3. The summed E-state index contributed by atoms with van der Waals surface area (Å²) in [7, 11) is 0. The Morgan fingerprint density at radius 1 is 1.29 bits per heavy atom. The summed E-state index contributed by atoms with van der Waals surface area (Å²) in [6.45, 7) is -1.03. The lowest BCUT2D eigenvalue weighted by atomic mass is 9.95. The van der Waals surface area contributed by atoms with Crippen molar-refractivity contribution in [3.8, 4) is 0 Å². The van der Waals surface area contributed by atoms with Gasteiger partial charge in [-0.05, 0) is 12.8 Å². The van der Waals surface area contributed by atoms with Gasteiger partial charge in [0.25, 0.3) is 0 Å². The van der Waals surface area contributed by atoms with Gasteiger partial charge in [0.1, 0.15) is 6.54 Å². The Morgan fingerprint density at radius 3 is 2.65 bits per heavy atom. The molecule has 0 radical (unpaired) electrons. The number of nitrogens with zero attached hydrogens (tertiary/aromatic N) is 2. The third-order valence-corrected chi connectivity index (χ3v) is 3.08. The van der Waals surface area contributed by atoms with Crippen LogP contribution in [0.5, 0.6) is 0 Å². The van der Waals surface area contributed by atoms with Gasteiger partial charge < -0.3 is 9.88 Å². The van der Waals surface area contributed by atoms with E-state index in [4.69, 9.17) is 0 Å². The topological polar surface area (TPSA) is 29.9 Å². The molecule has 0 aliphatic heterocycles. The predicted octanol–water partition coefficient (Wildman–Crippen LogP) is 3.36. The molecule has 0 amide bonds. The van der Waals surface area contributed by atoms with Crippen molar-refractivity contribution in [1.82, 2.24) is 9.55 Å². The molecule has 0 saturated heterocycles. The first-order valence-electron chi connectivity index (χ1n) is 5.90. The van der Waals surface area contributed by atoms with Gasteiger partial charge in [-0.1, -0.05) is 19.3 Å². The van der Waals surface area contributed by atoms with Gasteiger partial charge in [0.05, 0.1) is 0 Å². The zero-order valence-corrected chi connectivity index (χ0v) is 9.50. The molecule has 1 aliphatic carbocycles. The molecule has 1 heterocycles. The molecule has 2 rings (SSSR count). The minimum absolute atomic E-state index is 0.294. The average Bonchev–Trinajstić information content (AvgIpc) is 2.75. The molecule has 17 heavy (non-hydrogen) atoms. The summed E-state index contributed by atoms with van der Waals surface area (Å²) in [4.78, 5) is 3.95. The maximum Gasteiger partial charge on any atom is 0.405 e. The number of hydrogen-bond donors (Lipinski definition) is 1. The predicted molar refractivity (Wildman–Crippen MR) is 58.9 cm³/mol. The quantitative estimate of drug-likeness (QED) is 0.887. The van der Waals surface area contributed by atoms with Crippen LogP contribution in [0.3, 0.4) is 0 Å². The Morgan fingerprint density at radius 2 is 2.00 bits per heavy atom. The van der Waals surface area contributed by atoms with Crippen LogP contribution in [0, 0.1) is 0 Å². The Kier molecular flexibility index (Phi) is 3.59. The largest absolute Gasteiger partial charge is 0.405 e. The highest BCUT2D eigenvalue weighted by atomic mass is 19.4. The SMILES string of the molecule is FC(F)(F)CNc1nccn1C1CCCCC1. The van der Waals surface area contributed by atoms with E-state index in [1.807, 2.05) is 4.57 Å². The fourth-order valence-electron chi connectivity index (χ4n) is 2.28. The second kappa shape index (κ2) is 4.98. The molecule has 96 valence electrons. The Labute approximate surface area is 98.0 Å². The van der Waals surface area contributed by atoms with Crippen molar-refractivity contribution in [1.29, 1.82) is 0 Å². The molecule has 1 N–H and O–H groups in total. The van der Waals surface area contributed by atoms with Crippen molar-refractivity contribution in [2.75, 3.05) is 11.9 Å². The Bertz CT molecular complexity index is 353. The van der Waals surface area contributed by atoms with Gasteiger partial charge in [-0.3, -0.25) is 0 Å². The summed E-state index contributed by atoms with van der Waals surface area (Å²) in [5.74, 6) is 0.328. The summed E-state index contributed by atoms with van der Waals surface area (Å²) in [6, 6.07) is 0.294. The number of nitrogens with one attached hydrogen (secondary N) is 1. The molecule has 1 aliphatic rings. The van der Waals surface area contributed by atoms with Crippen LogP contribution in [0.1, 0.15) is 38.1 Å². The second-order valence-corrected chi connectivity index (χ2v) is 4.42. The van der Waals surface area contributed by atoms with Crippen LogP contribution >= 0.6 is 0 Å². The third kappa shape index (κ3) is 3.38. The van der Waals surface area contributed by atoms with E-state index in [2.05, 4.69) is 10.3 Å². The van der Waals surface area contributed by atoms with Crippen LogP contribution in [0.15, 0.2) is 12.4 Å². The Balaban J connectivity index is 2.00. The van der Waals surface area contributed by atoms with Crippen molar-refractivity contribution in [3.05, 3.63) is 12.4 Å². The molecule has 1 aromatic rings. The van der Waals surface area contributed by atoms with Crippen molar-refractivity contribution in [2.24, 2.45) is 0 Å². The third-order valence-electron chi connectivity index (χ3n) is 3.08. The molecule has 1 fully saturated rings. The van der Waals surface area contributed by atoms with E-state index in [0.717, 1.165) is 25.7 Å². The minimum Gasteiger partial charge on any atom is -0.347 e. The highest BCUT2D eigenvalue weighted by Gasteiger charge is 2.28. The maximum absolute atomic E-state index is 12.1. The fraction of sp³-hybridized carbons (Fsp3) is 0.727. The van der Waals surface area contributed by atoms with Gasteiger partial charge in [-0.25, -0.2) is 4.98 Å². The number of aromatic nitrogens is 2. The summed E-state index contributed by atoms with van der Waals surface area (Å²) in [6.07, 6.45) is 4.65. The summed E-state index contributed by atoms with van der Waals surface area (Å²) in [5.41, 5.74) is 0. The van der Waals surface area contributed by atoms with Gasteiger partial charge in [-0.2, -0.15) is 13.2 Å². The van der Waals surface area contributed by atoms with Crippen LogP contribution < -0.4 is 5.32 Å². The average molecular weight is 247 g/mol. The van der Waals surface area contributed by atoms with Crippen LogP contribution in [0.4, 0.5) is 19.1 Å². The zero-order valence-electron chi connectivity index (χ0n) is 9.50. The van der Waals surface area contributed by atoms with Crippen LogP contribution in [0.25, 0.3) is 0 Å². The molecular formula is C11H16F3N3. The fourth-order valence-corrected chi connectivity index (χ4v) is 2.28. The van der Waals surface area contributed by atoms with Crippen molar-refractivity contribution < 1.29 is 13.2 Å². The number of imidazole rings is 1. The molecule has 0 aromatic carbocycles. The molecule has 0 atom stereocenters. The van der Waals surface area contributed by atoms with E-state index < -0.39 is 12.7 Å². The number of halogens is 3. The van der Waals surface area contributed by atoms with E-state index in [1.54, 1.807) is 12.4 Å². The number of hydrogen-bond acceptors (Lipinski definition) is 2. The van der Waals surface area contributed by atoms with E-state index in [9.17, 15) is 13.2 Å². The zero-order chi connectivity index (χ0) is 12.3. The highest BCUT2D eigenvalue weighted by Crippen LogP contribution is 2.30. The van der Waals surface area contributed by atoms with E-state index in [-0.39, 0.29) is 0 Å². The van der Waals surface area contributed by atoms with Crippen molar-refractivity contribution in [3.63, 3.8) is 0 Å². The van der Waals surface area contributed by atoms with Gasteiger partial charge in [0.2, 0.25) is 5.95 Å². The van der Waals surface area contributed by atoms with Crippen molar-refractivity contribution >= 4 is 5.95 Å². The van der Waals surface area contributed by atoms with E-state index >= 15 is 0 Å². The molecule has 0 unspecified atom stereocenters. The lowest BCUT2D eigenvalue weighted by Gasteiger charge is -2.24. The first-order valence-corrected chi connectivity index (χ1v) is 5.90. The number of anilines is 1. The van der Waals surface area contributed by atoms with Gasteiger partial charge >= 0.3 is 6.18 Å². The molecule has 0 bridgehead atoms. The second-order valence-electron chi connectivity index (χ2n) is 4.42. The summed E-state index contributed by atoms with van der Waals surface area (Å²) in [5, 5.41) is 2.36. The molecule has 1 aromatic heterocycles. The van der Waals surface area contributed by atoms with E-state index in [1.165, 1.54) is 6.42 Å². The molecule has 6 heteroatoms. The minimum atomic E-state index is -4.21. The van der Waals surface area contributed by atoms with E-state index in [0.29, 0.717) is 12.0 Å². The van der Waals surface area contributed by atoms with Gasteiger partial charge in [-0.15, -0.1) is 0 Å².